The maximum Gasteiger partial charge on any atom is 0.223 e. The molecule has 0 aliphatic heterocycles. The molecular weight excluding hydrogens is 252 g/mol. The molecular formula is C16H26N2O2. The SMILES string of the molecule is CCN(Cc1ccccc1CN)C(=O)CC(C)COC. The van der Waals surface area contributed by atoms with Crippen LogP contribution in [0.3, 0.4) is 0 Å². The lowest BCUT2D eigenvalue weighted by Gasteiger charge is -2.24. The first-order valence-corrected chi connectivity index (χ1v) is 7.15. The lowest BCUT2D eigenvalue weighted by Crippen LogP contribution is -2.32. The van der Waals surface area contributed by atoms with Crippen LogP contribution in [-0.4, -0.2) is 31.1 Å². The van der Waals surface area contributed by atoms with Crippen molar-refractivity contribution in [1.82, 2.24) is 4.90 Å². The molecule has 1 amide bonds. The van der Waals surface area contributed by atoms with E-state index in [1.54, 1.807) is 7.11 Å². The molecule has 1 unspecified atom stereocenters. The Bertz CT molecular complexity index is 421. The molecule has 1 rings (SSSR count). The summed E-state index contributed by atoms with van der Waals surface area (Å²) in [4.78, 5) is 14.2. The number of ether oxygens (including phenoxy) is 1. The predicted octanol–water partition coefficient (Wildman–Crippen LogP) is 2.17. The third-order valence-electron chi connectivity index (χ3n) is 3.41. The van der Waals surface area contributed by atoms with Gasteiger partial charge in [-0.15, -0.1) is 0 Å². The predicted molar refractivity (Wildman–Crippen MR) is 81.1 cm³/mol. The van der Waals surface area contributed by atoms with Gasteiger partial charge in [0.2, 0.25) is 5.91 Å². The molecule has 0 heterocycles. The van der Waals surface area contributed by atoms with Gasteiger partial charge in [-0.1, -0.05) is 31.2 Å². The molecule has 0 spiro atoms. The van der Waals surface area contributed by atoms with Gasteiger partial charge in [0, 0.05) is 39.8 Å². The molecule has 112 valence electrons. The van der Waals surface area contributed by atoms with E-state index in [4.69, 9.17) is 10.5 Å². The highest BCUT2D eigenvalue weighted by molar-refractivity contribution is 5.76. The van der Waals surface area contributed by atoms with Crippen LogP contribution in [0.5, 0.6) is 0 Å². The summed E-state index contributed by atoms with van der Waals surface area (Å²) in [6.07, 6.45) is 0.520. The number of carbonyl (C=O) groups is 1. The largest absolute Gasteiger partial charge is 0.384 e. The second-order valence-corrected chi connectivity index (χ2v) is 5.15. The highest BCUT2D eigenvalue weighted by atomic mass is 16.5. The molecule has 1 aromatic rings. The number of rotatable bonds is 8. The van der Waals surface area contributed by atoms with Gasteiger partial charge >= 0.3 is 0 Å². The van der Waals surface area contributed by atoms with Crippen molar-refractivity contribution >= 4 is 5.91 Å². The summed E-state index contributed by atoms with van der Waals surface area (Å²) < 4.78 is 5.09. The van der Waals surface area contributed by atoms with Gasteiger partial charge in [0.15, 0.2) is 0 Å². The molecule has 4 nitrogen and oxygen atoms in total. The Hall–Kier alpha value is -1.39. The van der Waals surface area contributed by atoms with E-state index in [9.17, 15) is 4.79 Å². The first kappa shape index (κ1) is 16.7. The summed E-state index contributed by atoms with van der Waals surface area (Å²) in [5.74, 6) is 0.412. The van der Waals surface area contributed by atoms with Crippen LogP contribution in [0.4, 0.5) is 0 Å². The van der Waals surface area contributed by atoms with Crippen molar-refractivity contribution in [3.05, 3.63) is 35.4 Å². The van der Waals surface area contributed by atoms with E-state index in [0.717, 1.165) is 11.1 Å². The van der Waals surface area contributed by atoms with Crippen LogP contribution in [0.15, 0.2) is 24.3 Å². The zero-order valence-electron chi connectivity index (χ0n) is 12.8. The van der Waals surface area contributed by atoms with E-state index in [0.29, 0.717) is 32.7 Å². The smallest absolute Gasteiger partial charge is 0.223 e. The van der Waals surface area contributed by atoms with Gasteiger partial charge in [-0.3, -0.25) is 4.79 Å². The molecule has 4 heteroatoms. The van der Waals surface area contributed by atoms with Gasteiger partial charge in [0.25, 0.3) is 0 Å². The molecule has 0 bridgehead atoms. The molecule has 1 aromatic carbocycles. The number of benzene rings is 1. The fraction of sp³-hybridized carbons (Fsp3) is 0.562. The quantitative estimate of drug-likeness (QED) is 0.793. The first-order chi connectivity index (χ1) is 9.62. The molecule has 0 aliphatic rings. The van der Waals surface area contributed by atoms with E-state index in [2.05, 4.69) is 0 Å². The van der Waals surface area contributed by atoms with Gasteiger partial charge in [-0.2, -0.15) is 0 Å². The van der Waals surface area contributed by atoms with Crippen LogP contribution in [0.25, 0.3) is 0 Å². The van der Waals surface area contributed by atoms with Crippen LogP contribution in [0.1, 0.15) is 31.4 Å². The average molecular weight is 278 g/mol. The Labute approximate surface area is 121 Å². The summed E-state index contributed by atoms with van der Waals surface area (Å²) in [7, 11) is 1.66. The van der Waals surface area contributed by atoms with Crippen molar-refractivity contribution < 1.29 is 9.53 Å². The second-order valence-electron chi connectivity index (χ2n) is 5.15. The Morgan fingerprint density at radius 2 is 2.00 bits per heavy atom. The second kappa shape index (κ2) is 8.72. The highest BCUT2D eigenvalue weighted by Gasteiger charge is 2.16. The fourth-order valence-corrected chi connectivity index (χ4v) is 2.26. The molecule has 0 aliphatic carbocycles. The van der Waals surface area contributed by atoms with Gasteiger partial charge in [-0.05, 0) is 24.0 Å². The number of nitrogens with zero attached hydrogens (tertiary/aromatic N) is 1. The third-order valence-corrected chi connectivity index (χ3v) is 3.41. The summed E-state index contributed by atoms with van der Waals surface area (Å²) >= 11 is 0. The van der Waals surface area contributed by atoms with Crippen molar-refractivity contribution in [3.63, 3.8) is 0 Å². The van der Waals surface area contributed by atoms with Crippen LogP contribution >= 0.6 is 0 Å². The number of nitrogens with two attached hydrogens (primary N) is 1. The van der Waals surface area contributed by atoms with Crippen molar-refractivity contribution in [2.24, 2.45) is 11.7 Å². The topological polar surface area (TPSA) is 55.6 Å². The van der Waals surface area contributed by atoms with E-state index >= 15 is 0 Å². The average Bonchev–Trinajstić information content (AvgIpc) is 2.45. The lowest BCUT2D eigenvalue weighted by molar-refractivity contribution is -0.132. The standard InChI is InChI=1S/C16H26N2O2/c1-4-18(16(19)9-13(2)12-20-3)11-15-8-6-5-7-14(15)10-17/h5-8,13H,4,9-12,17H2,1-3H3. The zero-order chi connectivity index (χ0) is 15.0. The van der Waals surface area contributed by atoms with E-state index in [-0.39, 0.29) is 11.8 Å². The Morgan fingerprint density at radius 1 is 1.35 bits per heavy atom. The van der Waals surface area contributed by atoms with Crippen LogP contribution in [0.2, 0.25) is 0 Å². The van der Waals surface area contributed by atoms with Crippen molar-refractivity contribution in [1.29, 1.82) is 0 Å². The number of hydrogen-bond acceptors (Lipinski definition) is 3. The Kier molecular flexibility index (Phi) is 7.26. The van der Waals surface area contributed by atoms with Crippen molar-refractivity contribution in [2.45, 2.75) is 33.4 Å². The van der Waals surface area contributed by atoms with Gasteiger partial charge < -0.3 is 15.4 Å². The molecule has 1 atom stereocenters. The molecule has 2 N–H and O–H groups in total. The molecule has 0 saturated heterocycles. The van der Waals surface area contributed by atoms with Crippen molar-refractivity contribution in [2.75, 3.05) is 20.3 Å². The first-order valence-electron chi connectivity index (χ1n) is 7.15. The molecule has 0 fully saturated rings. The molecule has 0 saturated carbocycles. The Balaban J connectivity index is 2.68. The minimum atomic E-state index is 0.170. The summed E-state index contributed by atoms with van der Waals surface area (Å²) in [6, 6.07) is 8.02. The molecule has 0 radical (unpaired) electrons. The van der Waals surface area contributed by atoms with Crippen molar-refractivity contribution in [3.8, 4) is 0 Å². The summed E-state index contributed by atoms with van der Waals surface area (Å²) in [6.45, 7) is 6.48. The van der Waals surface area contributed by atoms with Crippen LogP contribution in [0, 0.1) is 5.92 Å². The molecule has 20 heavy (non-hydrogen) atoms. The minimum Gasteiger partial charge on any atom is -0.384 e. The van der Waals surface area contributed by atoms with E-state index in [1.165, 1.54) is 0 Å². The number of methoxy groups -OCH3 is 1. The highest BCUT2D eigenvalue weighted by Crippen LogP contribution is 2.13. The Morgan fingerprint density at radius 3 is 2.55 bits per heavy atom. The normalized spacial score (nSPS) is 12.2. The van der Waals surface area contributed by atoms with Gasteiger partial charge in [0.1, 0.15) is 0 Å². The summed E-state index contributed by atoms with van der Waals surface area (Å²) in [5, 5.41) is 0. The monoisotopic (exact) mass is 278 g/mol. The van der Waals surface area contributed by atoms with Crippen LogP contribution < -0.4 is 5.73 Å². The fourth-order valence-electron chi connectivity index (χ4n) is 2.26. The minimum absolute atomic E-state index is 0.170. The van der Waals surface area contributed by atoms with Crippen LogP contribution in [-0.2, 0) is 22.6 Å². The molecule has 0 aromatic heterocycles. The zero-order valence-corrected chi connectivity index (χ0v) is 12.8. The number of carbonyl (C=O) groups excluding carboxylic acids is 1. The van der Waals surface area contributed by atoms with Gasteiger partial charge in [0.05, 0.1) is 0 Å². The van der Waals surface area contributed by atoms with E-state index < -0.39 is 0 Å². The van der Waals surface area contributed by atoms with E-state index in [1.807, 2.05) is 43.0 Å². The number of hydrogen-bond donors (Lipinski definition) is 1. The maximum atomic E-state index is 12.3. The van der Waals surface area contributed by atoms with Gasteiger partial charge in [-0.25, -0.2) is 0 Å². The lowest BCUT2D eigenvalue weighted by atomic mass is 10.1. The number of amides is 1. The third kappa shape index (κ3) is 4.94. The summed E-state index contributed by atoms with van der Waals surface area (Å²) in [5.41, 5.74) is 7.97. The maximum absolute atomic E-state index is 12.3.